The van der Waals surface area contributed by atoms with Crippen LogP contribution in [0.3, 0.4) is 0 Å². The second-order valence-electron chi connectivity index (χ2n) is 5.50. The number of ether oxygens (including phenoxy) is 2. The number of rotatable bonds is 7. The van der Waals surface area contributed by atoms with Crippen molar-refractivity contribution >= 4 is 5.91 Å². The quantitative estimate of drug-likeness (QED) is 0.685. The number of methoxy groups -OCH3 is 1. The average molecular weight is 365 g/mol. The third kappa shape index (κ3) is 4.75. The van der Waals surface area contributed by atoms with Crippen molar-refractivity contribution < 1.29 is 14.3 Å². The fourth-order valence-electron chi connectivity index (χ4n) is 2.34. The smallest absolute Gasteiger partial charge is 0.272 e. The summed E-state index contributed by atoms with van der Waals surface area (Å²) in [6.45, 7) is 2.59. The van der Waals surface area contributed by atoms with E-state index < -0.39 is 0 Å². The van der Waals surface area contributed by atoms with Crippen molar-refractivity contribution in [1.82, 2.24) is 25.5 Å². The lowest BCUT2D eigenvalue weighted by Gasteiger charge is -2.07. The first-order valence-electron chi connectivity index (χ1n) is 8.39. The Kier molecular flexibility index (Phi) is 5.88. The standard InChI is InChI=1S/C19H19N5O3/c1-3-27-18-9-8-16(23-24-18)19(25)20-11-14-10-17(22-12-21-14)13-4-6-15(26-2)7-5-13/h4-10,12H,3,11H2,1-2H3,(H,20,25). The first kappa shape index (κ1) is 18.2. The molecule has 0 aliphatic rings. The van der Waals surface area contributed by atoms with Crippen molar-refractivity contribution in [2.75, 3.05) is 13.7 Å². The van der Waals surface area contributed by atoms with Crippen molar-refractivity contribution in [3.05, 3.63) is 60.2 Å². The largest absolute Gasteiger partial charge is 0.497 e. The van der Waals surface area contributed by atoms with E-state index in [0.717, 1.165) is 17.0 Å². The average Bonchev–Trinajstić information content (AvgIpc) is 2.73. The molecule has 2 heterocycles. The van der Waals surface area contributed by atoms with Crippen LogP contribution in [-0.2, 0) is 6.54 Å². The van der Waals surface area contributed by atoms with Crippen LogP contribution in [0, 0.1) is 0 Å². The van der Waals surface area contributed by atoms with Crippen molar-refractivity contribution in [2.24, 2.45) is 0 Å². The Morgan fingerprint density at radius 2 is 1.89 bits per heavy atom. The Hall–Kier alpha value is -3.55. The SMILES string of the molecule is CCOc1ccc(C(=O)NCc2cc(-c3ccc(OC)cc3)ncn2)nn1. The Balaban J connectivity index is 1.64. The van der Waals surface area contributed by atoms with Gasteiger partial charge in [0.15, 0.2) is 5.69 Å². The van der Waals surface area contributed by atoms with Gasteiger partial charge in [0.1, 0.15) is 12.1 Å². The fourth-order valence-corrected chi connectivity index (χ4v) is 2.34. The molecule has 8 heteroatoms. The topological polar surface area (TPSA) is 99.1 Å². The number of carbonyl (C=O) groups is 1. The van der Waals surface area contributed by atoms with Crippen LogP contribution in [0.4, 0.5) is 0 Å². The van der Waals surface area contributed by atoms with E-state index in [-0.39, 0.29) is 18.1 Å². The van der Waals surface area contributed by atoms with Crippen molar-refractivity contribution in [3.63, 3.8) is 0 Å². The number of hydrogen-bond acceptors (Lipinski definition) is 7. The molecule has 0 saturated heterocycles. The van der Waals surface area contributed by atoms with Gasteiger partial charge in [-0.1, -0.05) is 0 Å². The summed E-state index contributed by atoms with van der Waals surface area (Å²) in [6.07, 6.45) is 1.47. The van der Waals surface area contributed by atoms with Crippen LogP contribution in [0.15, 0.2) is 48.8 Å². The van der Waals surface area contributed by atoms with Gasteiger partial charge < -0.3 is 14.8 Å². The lowest BCUT2D eigenvalue weighted by Crippen LogP contribution is -2.24. The van der Waals surface area contributed by atoms with E-state index in [1.165, 1.54) is 6.33 Å². The summed E-state index contributed by atoms with van der Waals surface area (Å²) in [5, 5.41) is 10.5. The van der Waals surface area contributed by atoms with Crippen LogP contribution in [0.2, 0.25) is 0 Å². The molecule has 0 aliphatic carbocycles. The highest BCUT2D eigenvalue weighted by Gasteiger charge is 2.09. The van der Waals surface area contributed by atoms with Crippen LogP contribution >= 0.6 is 0 Å². The van der Waals surface area contributed by atoms with Crippen LogP contribution in [-0.4, -0.2) is 39.8 Å². The molecule has 8 nitrogen and oxygen atoms in total. The van der Waals surface area contributed by atoms with Crippen LogP contribution in [0.25, 0.3) is 11.3 Å². The molecule has 0 fully saturated rings. The third-order valence-electron chi connectivity index (χ3n) is 3.70. The number of hydrogen-bond donors (Lipinski definition) is 1. The third-order valence-corrected chi connectivity index (χ3v) is 3.70. The highest BCUT2D eigenvalue weighted by atomic mass is 16.5. The molecule has 0 saturated carbocycles. The number of amides is 1. The van der Waals surface area contributed by atoms with E-state index >= 15 is 0 Å². The molecule has 1 amide bonds. The van der Waals surface area contributed by atoms with Gasteiger partial charge in [-0.05, 0) is 43.3 Å². The summed E-state index contributed by atoms with van der Waals surface area (Å²) in [6, 6.07) is 12.6. The molecule has 2 aromatic heterocycles. The first-order valence-corrected chi connectivity index (χ1v) is 8.39. The summed E-state index contributed by atoms with van der Waals surface area (Å²) in [5.41, 5.74) is 2.59. The Labute approximate surface area is 156 Å². The van der Waals surface area contributed by atoms with E-state index in [9.17, 15) is 4.79 Å². The van der Waals surface area contributed by atoms with Gasteiger partial charge >= 0.3 is 0 Å². The predicted molar refractivity (Wildman–Crippen MR) is 98.4 cm³/mol. The Morgan fingerprint density at radius 1 is 1.07 bits per heavy atom. The highest BCUT2D eigenvalue weighted by molar-refractivity contribution is 5.92. The van der Waals surface area contributed by atoms with Crippen molar-refractivity contribution in [2.45, 2.75) is 13.5 Å². The van der Waals surface area contributed by atoms with E-state index in [0.29, 0.717) is 18.2 Å². The Bertz CT molecular complexity index is 898. The second kappa shape index (κ2) is 8.70. The maximum atomic E-state index is 12.2. The zero-order valence-electron chi connectivity index (χ0n) is 15.0. The van der Waals surface area contributed by atoms with Gasteiger partial charge in [0, 0.05) is 11.6 Å². The minimum atomic E-state index is -0.338. The normalized spacial score (nSPS) is 10.3. The van der Waals surface area contributed by atoms with Gasteiger partial charge in [0.25, 0.3) is 5.91 Å². The minimum absolute atomic E-state index is 0.211. The number of benzene rings is 1. The zero-order valence-corrected chi connectivity index (χ0v) is 15.0. The number of aromatic nitrogens is 4. The van der Waals surface area contributed by atoms with E-state index in [1.807, 2.05) is 37.3 Å². The number of carbonyl (C=O) groups excluding carboxylic acids is 1. The van der Waals surface area contributed by atoms with Gasteiger partial charge in [0.05, 0.1) is 31.6 Å². The first-order chi connectivity index (χ1) is 13.2. The summed E-state index contributed by atoms with van der Waals surface area (Å²) in [4.78, 5) is 20.7. The lowest BCUT2D eigenvalue weighted by atomic mass is 10.1. The Morgan fingerprint density at radius 3 is 2.56 bits per heavy atom. The van der Waals surface area contributed by atoms with Gasteiger partial charge in [0.2, 0.25) is 5.88 Å². The fraction of sp³-hybridized carbons (Fsp3) is 0.211. The molecule has 0 atom stereocenters. The summed E-state index contributed by atoms with van der Waals surface area (Å²) >= 11 is 0. The van der Waals surface area contributed by atoms with E-state index in [1.54, 1.807) is 19.2 Å². The molecule has 0 unspecified atom stereocenters. The monoisotopic (exact) mass is 365 g/mol. The maximum absolute atomic E-state index is 12.2. The van der Waals surface area contributed by atoms with Gasteiger partial charge in [-0.3, -0.25) is 4.79 Å². The van der Waals surface area contributed by atoms with E-state index in [2.05, 4.69) is 25.5 Å². The highest BCUT2D eigenvalue weighted by Crippen LogP contribution is 2.20. The molecule has 3 rings (SSSR count). The zero-order chi connectivity index (χ0) is 19.1. The molecule has 27 heavy (non-hydrogen) atoms. The predicted octanol–water partition coefficient (Wildman–Crippen LogP) is 2.27. The van der Waals surface area contributed by atoms with Gasteiger partial charge in [-0.2, -0.15) is 0 Å². The molecule has 3 aromatic rings. The van der Waals surface area contributed by atoms with Crippen LogP contribution < -0.4 is 14.8 Å². The molecule has 0 bridgehead atoms. The molecular weight excluding hydrogens is 346 g/mol. The summed E-state index contributed by atoms with van der Waals surface area (Å²) in [5.74, 6) is 0.820. The number of nitrogens with zero attached hydrogens (tertiary/aromatic N) is 4. The molecule has 0 radical (unpaired) electrons. The van der Waals surface area contributed by atoms with Crippen molar-refractivity contribution in [1.29, 1.82) is 0 Å². The molecule has 138 valence electrons. The molecule has 1 aromatic carbocycles. The number of nitrogens with one attached hydrogen (secondary N) is 1. The van der Waals surface area contributed by atoms with Crippen LogP contribution in [0.1, 0.15) is 23.1 Å². The summed E-state index contributed by atoms with van der Waals surface area (Å²) in [7, 11) is 1.62. The summed E-state index contributed by atoms with van der Waals surface area (Å²) < 4.78 is 10.4. The lowest BCUT2D eigenvalue weighted by molar-refractivity contribution is 0.0944. The molecular formula is C19H19N5O3. The van der Waals surface area contributed by atoms with Gasteiger partial charge in [-0.15, -0.1) is 10.2 Å². The van der Waals surface area contributed by atoms with Crippen LogP contribution in [0.5, 0.6) is 11.6 Å². The van der Waals surface area contributed by atoms with E-state index in [4.69, 9.17) is 9.47 Å². The van der Waals surface area contributed by atoms with Gasteiger partial charge in [-0.25, -0.2) is 9.97 Å². The molecule has 0 spiro atoms. The van der Waals surface area contributed by atoms with Crippen molar-refractivity contribution in [3.8, 4) is 22.9 Å². The minimum Gasteiger partial charge on any atom is -0.497 e. The molecule has 1 N–H and O–H groups in total. The maximum Gasteiger partial charge on any atom is 0.272 e. The second-order valence-corrected chi connectivity index (χ2v) is 5.50. The molecule has 0 aliphatic heterocycles.